The van der Waals surface area contributed by atoms with Crippen LogP contribution in [0, 0.1) is 11.8 Å². The maximum atomic E-state index is 10.7. The van der Waals surface area contributed by atoms with Crippen molar-refractivity contribution in [3.8, 4) is 0 Å². The van der Waals surface area contributed by atoms with E-state index < -0.39 is 13.4 Å². The van der Waals surface area contributed by atoms with Gasteiger partial charge in [0.15, 0.2) is 0 Å². The molecule has 72 valence electrons. The van der Waals surface area contributed by atoms with E-state index in [1.54, 1.807) is 13.8 Å². The monoisotopic (exact) mass is 192 g/mol. The van der Waals surface area contributed by atoms with Crippen LogP contribution >= 0.6 is 7.60 Å². The third-order valence-electron chi connectivity index (χ3n) is 2.69. The van der Waals surface area contributed by atoms with Gasteiger partial charge < -0.3 is 19.1 Å². The largest absolute Gasteiger partial charge is 0.809 e. The lowest BCUT2D eigenvalue weighted by Crippen LogP contribution is -2.29. The number of hydrogen-bond acceptors (Lipinski definition) is 4. The summed E-state index contributed by atoms with van der Waals surface area (Å²) in [5.74, 6) is -1.19. The summed E-state index contributed by atoms with van der Waals surface area (Å²) >= 11 is 0. The molecule has 5 heteroatoms. The van der Waals surface area contributed by atoms with E-state index in [0.29, 0.717) is 0 Å². The summed E-state index contributed by atoms with van der Waals surface area (Å²) in [4.78, 5) is 21.4. The van der Waals surface area contributed by atoms with E-state index in [-0.39, 0.29) is 17.9 Å². The third-order valence-corrected chi connectivity index (χ3v) is 3.90. The Balaban J connectivity index is 2.78. The molecule has 1 saturated heterocycles. The summed E-state index contributed by atoms with van der Waals surface area (Å²) in [6.07, 6.45) is -0.138. The smallest absolute Gasteiger partial charge is 0.0875 e. The zero-order valence-corrected chi connectivity index (χ0v) is 8.28. The molecule has 0 N–H and O–H groups in total. The van der Waals surface area contributed by atoms with Gasteiger partial charge in [-0.1, -0.05) is 13.8 Å². The lowest BCUT2D eigenvalue weighted by atomic mass is 9.95. The van der Waals surface area contributed by atoms with Crippen LogP contribution in [0.4, 0.5) is 0 Å². The van der Waals surface area contributed by atoms with E-state index in [2.05, 4.69) is 0 Å². The van der Waals surface area contributed by atoms with Crippen molar-refractivity contribution in [2.45, 2.75) is 32.7 Å². The molecule has 1 aliphatic heterocycles. The predicted octanol–water partition coefficient (Wildman–Crippen LogP) is -0.0829. The molecule has 4 atom stereocenters. The zero-order valence-electron chi connectivity index (χ0n) is 7.39. The first-order valence-corrected chi connectivity index (χ1v) is 5.62. The molecule has 1 heterocycles. The van der Waals surface area contributed by atoms with E-state index in [1.807, 2.05) is 6.92 Å². The van der Waals surface area contributed by atoms with Crippen LogP contribution in [0.2, 0.25) is 0 Å². The summed E-state index contributed by atoms with van der Waals surface area (Å²) in [6.45, 7) is 5.42. The van der Waals surface area contributed by atoms with Gasteiger partial charge in [0, 0.05) is 0 Å². The van der Waals surface area contributed by atoms with E-state index in [1.165, 1.54) is 0 Å². The SMILES string of the molecule is CC1OC(P(=O)([O-])[O-])C(C)C1C. The Hall–Kier alpha value is 0.110. The van der Waals surface area contributed by atoms with Gasteiger partial charge in [-0.3, -0.25) is 0 Å². The van der Waals surface area contributed by atoms with Gasteiger partial charge in [0.1, 0.15) is 0 Å². The summed E-state index contributed by atoms with van der Waals surface area (Å²) in [7, 11) is -4.57. The van der Waals surface area contributed by atoms with Crippen molar-refractivity contribution >= 4 is 7.60 Å². The van der Waals surface area contributed by atoms with Crippen LogP contribution in [-0.2, 0) is 9.30 Å². The first-order valence-electron chi connectivity index (χ1n) is 4.01. The van der Waals surface area contributed by atoms with Gasteiger partial charge in [0.25, 0.3) is 0 Å². The van der Waals surface area contributed by atoms with Crippen LogP contribution in [0.3, 0.4) is 0 Å². The fourth-order valence-corrected chi connectivity index (χ4v) is 2.71. The Labute approximate surface area is 72.1 Å². The van der Waals surface area contributed by atoms with Crippen molar-refractivity contribution in [2.24, 2.45) is 11.8 Å². The Bertz CT molecular complexity index is 211. The van der Waals surface area contributed by atoms with Crippen molar-refractivity contribution in [2.75, 3.05) is 0 Å². The first-order chi connectivity index (χ1) is 5.34. The highest BCUT2D eigenvalue weighted by Gasteiger charge is 2.37. The van der Waals surface area contributed by atoms with Crippen LogP contribution in [0.15, 0.2) is 0 Å². The van der Waals surface area contributed by atoms with E-state index in [0.717, 1.165) is 0 Å². The quantitative estimate of drug-likeness (QED) is 0.544. The normalized spacial score (nSPS) is 43.4. The zero-order chi connectivity index (χ0) is 9.52. The molecule has 0 aliphatic carbocycles. The molecular weight excluding hydrogens is 179 g/mol. The van der Waals surface area contributed by atoms with Crippen LogP contribution in [0.1, 0.15) is 20.8 Å². The van der Waals surface area contributed by atoms with Gasteiger partial charge in [-0.05, 0) is 26.4 Å². The Morgan fingerprint density at radius 2 is 1.67 bits per heavy atom. The Morgan fingerprint density at radius 3 is 1.83 bits per heavy atom. The lowest BCUT2D eigenvalue weighted by molar-refractivity contribution is -0.324. The maximum absolute atomic E-state index is 10.7. The first kappa shape index (κ1) is 10.2. The average Bonchev–Trinajstić information content (AvgIpc) is 2.15. The predicted molar refractivity (Wildman–Crippen MR) is 40.3 cm³/mol. The van der Waals surface area contributed by atoms with Crippen LogP contribution in [0.25, 0.3) is 0 Å². The van der Waals surface area contributed by atoms with Gasteiger partial charge in [0.05, 0.1) is 11.9 Å². The minimum atomic E-state index is -4.57. The molecule has 0 bridgehead atoms. The fourth-order valence-electron chi connectivity index (χ4n) is 1.52. The van der Waals surface area contributed by atoms with Gasteiger partial charge in [-0.25, -0.2) is 0 Å². The molecule has 4 unspecified atom stereocenters. The minimum Gasteiger partial charge on any atom is -0.809 e. The van der Waals surface area contributed by atoms with Crippen LogP contribution in [0.5, 0.6) is 0 Å². The van der Waals surface area contributed by atoms with Crippen molar-refractivity contribution in [3.05, 3.63) is 0 Å². The molecule has 0 aromatic heterocycles. The number of ether oxygens (including phenoxy) is 1. The van der Waals surface area contributed by atoms with Gasteiger partial charge in [-0.2, -0.15) is 0 Å². The molecular formula is C7H13O4P-2. The van der Waals surface area contributed by atoms with E-state index >= 15 is 0 Å². The van der Waals surface area contributed by atoms with Crippen molar-refractivity contribution < 1.29 is 19.1 Å². The number of rotatable bonds is 1. The summed E-state index contributed by atoms with van der Waals surface area (Å²) in [6, 6.07) is 0. The second-order valence-corrected chi connectivity index (χ2v) is 5.08. The standard InChI is InChI=1S/C7H15O4P/c1-4-5(2)7(11-6(4)3)12(8,9)10/h4-7H,1-3H3,(H2,8,9,10)/p-2. The van der Waals surface area contributed by atoms with Gasteiger partial charge >= 0.3 is 0 Å². The molecule has 12 heavy (non-hydrogen) atoms. The van der Waals surface area contributed by atoms with Crippen molar-refractivity contribution in [3.63, 3.8) is 0 Å². The second-order valence-electron chi connectivity index (χ2n) is 3.49. The van der Waals surface area contributed by atoms with E-state index in [9.17, 15) is 14.4 Å². The Morgan fingerprint density at radius 1 is 1.17 bits per heavy atom. The van der Waals surface area contributed by atoms with Crippen molar-refractivity contribution in [1.29, 1.82) is 0 Å². The molecule has 1 fully saturated rings. The second kappa shape index (κ2) is 3.11. The highest BCUT2D eigenvalue weighted by atomic mass is 31.2. The highest BCUT2D eigenvalue weighted by Crippen LogP contribution is 2.46. The highest BCUT2D eigenvalue weighted by molar-refractivity contribution is 7.49. The topological polar surface area (TPSA) is 72.4 Å². The molecule has 1 rings (SSSR count). The van der Waals surface area contributed by atoms with Crippen LogP contribution < -0.4 is 9.79 Å². The van der Waals surface area contributed by atoms with Gasteiger partial charge in [-0.15, -0.1) is 0 Å². The molecule has 0 spiro atoms. The summed E-state index contributed by atoms with van der Waals surface area (Å²) in [5.41, 5.74) is 0. The third kappa shape index (κ3) is 1.72. The molecule has 0 radical (unpaired) electrons. The van der Waals surface area contributed by atoms with Crippen molar-refractivity contribution in [1.82, 2.24) is 0 Å². The summed E-state index contributed by atoms with van der Waals surface area (Å²) < 4.78 is 15.7. The van der Waals surface area contributed by atoms with Gasteiger partial charge in [0.2, 0.25) is 0 Å². The maximum Gasteiger partial charge on any atom is 0.0875 e. The Kier molecular flexibility index (Phi) is 2.64. The van der Waals surface area contributed by atoms with Crippen LogP contribution in [-0.4, -0.2) is 11.9 Å². The molecule has 0 saturated carbocycles. The summed E-state index contributed by atoms with van der Waals surface area (Å²) in [5, 5.41) is 0. The fraction of sp³-hybridized carbons (Fsp3) is 1.00. The molecule has 0 aromatic carbocycles. The lowest BCUT2D eigenvalue weighted by Gasteiger charge is -2.37. The minimum absolute atomic E-state index is 0.131. The van der Waals surface area contributed by atoms with E-state index in [4.69, 9.17) is 4.74 Å². The average molecular weight is 192 g/mol. The molecule has 0 amide bonds. The molecule has 0 aromatic rings. The molecule has 1 aliphatic rings. The number of hydrogen-bond donors (Lipinski definition) is 0. The molecule has 4 nitrogen and oxygen atoms in total.